The Bertz CT molecular complexity index is 528. The van der Waals surface area contributed by atoms with Crippen molar-refractivity contribution < 1.29 is 19.4 Å². The van der Waals surface area contributed by atoms with Crippen LogP contribution in [0.4, 0.5) is 0 Å². The second kappa shape index (κ2) is 6.88. The first-order valence-corrected chi connectivity index (χ1v) is 7.30. The summed E-state index contributed by atoms with van der Waals surface area (Å²) in [6.07, 6.45) is 2.66. The maximum atomic E-state index is 12.0. The van der Waals surface area contributed by atoms with Crippen molar-refractivity contribution in [3.05, 3.63) is 27.4 Å². The third-order valence-corrected chi connectivity index (χ3v) is 4.03. The number of nitrogens with zero attached hydrogens (tertiary/aromatic N) is 1. The van der Waals surface area contributed by atoms with Gasteiger partial charge in [-0.25, -0.2) is 0 Å². The van der Waals surface area contributed by atoms with E-state index in [2.05, 4.69) is 0 Å². The zero-order valence-corrected chi connectivity index (χ0v) is 12.2. The van der Waals surface area contributed by atoms with E-state index in [0.29, 0.717) is 24.0 Å². The molecule has 1 atom stereocenters. The second-order valence-corrected chi connectivity index (χ2v) is 6.10. The Morgan fingerprint density at radius 3 is 3.00 bits per heavy atom. The molecule has 2 heterocycles. The van der Waals surface area contributed by atoms with Crippen LogP contribution in [0, 0.1) is 0 Å². The highest BCUT2D eigenvalue weighted by atomic mass is 35.5. The summed E-state index contributed by atoms with van der Waals surface area (Å²) < 4.78 is 5.99. The molecule has 0 aromatic carbocycles. The van der Waals surface area contributed by atoms with Gasteiger partial charge in [-0.05, 0) is 18.2 Å². The molecule has 108 valence electrons. The first-order valence-electron chi connectivity index (χ1n) is 6.10. The summed E-state index contributed by atoms with van der Waals surface area (Å²) in [4.78, 5) is 25.2. The van der Waals surface area contributed by atoms with Crippen molar-refractivity contribution in [3.8, 4) is 0 Å². The average molecular weight is 316 g/mol. The molecule has 1 fully saturated rings. The summed E-state index contributed by atoms with van der Waals surface area (Å²) in [5, 5.41) is 8.74. The Balaban J connectivity index is 1.91. The van der Waals surface area contributed by atoms with Gasteiger partial charge in [0.05, 0.1) is 23.5 Å². The predicted octanol–water partition coefficient (Wildman–Crippen LogP) is 2.12. The van der Waals surface area contributed by atoms with Crippen LogP contribution in [0.25, 0.3) is 6.08 Å². The van der Waals surface area contributed by atoms with Crippen molar-refractivity contribution in [2.75, 3.05) is 19.7 Å². The van der Waals surface area contributed by atoms with Crippen LogP contribution in [0.5, 0.6) is 0 Å². The van der Waals surface area contributed by atoms with Crippen LogP contribution < -0.4 is 0 Å². The summed E-state index contributed by atoms with van der Waals surface area (Å²) in [6.45, 7) is 1.15. The molecule has 0 aliphatic carbocycles. The fourth-order valence-corrected chi connectivity index (χ4v) is 2.88. The van der Waals surface area contributed by atoms with E-state index < -0.39 is 12.1 Å². The summed E-state index contributed by atoms with van der Waals surface area (Å²) in [6, 6.07) is 3.61. The Kier molecular flexibility index (Phi) is 5.17. The standard InChI is InChI=1S/C13H14ClNO4S/c14-11-3-1-10(20-11)2-4-12(16)15-5-6-19-9(8-15)7-13(17)18/h1-4,9H,5-8H2,(H,17,18)/b4-2+. The van der Waals surface area contributed by atoms with Gasteiger partial charge < -0.3 is 14.7 Å². The van der Waals surface area contributed by atoms with Crippen LogP contribution >= 0.6 is 22.9 Å². The van der Waals surface area contributed by atoms with Crippen molar-refractivity contribution >= 4 is 40.9 Å². The molecule has 7 heteroatoms. The molecule has 20 heavy (non-hydrogen) atoms. The highest BCUT2D eigenvalue weighted by Gasteiger charge is 2.24. The maximum absolute atomic E-state index is 12.0. The van der Waals surface area contributed by atoms with Gasteiger partial charge in [0.15, 0.2) is 0 Å². The Morgan fingerprint density at radius 1 is 1.55 bits per heavy atom. The van der Waals surface area contributed by atoms with E-state index in [1.54, 1.807) is 17.0 Å². The van der Waals surface area contributed by atoms with Crippen LogP contribution in [0.1, 0.15) is 11.3 Å². The van der Waals surface area contributed by atoms with E-state index in [1.807, 2.05) is 6.07 Å². The number of amides is 1. The number of ether oxygens (including phenoxy) is 1. The number of carboxylic acids is 1. The molecule has 1 aliphatic rings. The van der Waals surface area contributed by atoms with E-state index in [-0.39, 0.29) is 12.3 Å². The van der Waals surface area contributed by atoms with Gasteiger partial charge in [-0.15, -0.1) is 11.3 Å². The molecule has 5 nitrogen and oxygen atoms in total. The largest absolute Gasteiger partial charge is 0.481 e. The van der Waals surface area contributed by atoms with Gasteiger partial charge in [0.1, 0.15) is 0 Å². The fraction of sp³-hybridized carbons (Fsp3) is 0.385. The number of carbonyl (C=O) groups is 2. The molecule has 1 aromatic rings. The number of morpholine rings is 1. The Hall–Kier alpha value is -1.37. The minimum atomic E-state index is -0.923. The molecule has 1 unspecified atom stereocenters. The minimum absolute atomic E-state index is 0.0893. The number of aliphatic carboxylic acids is 1. The van der Waals surface area contributed by atoms with Gasteiger partial charge in [0.2, 0.25) is 5.91 Å². The van der Waals surface area contributed by atoms with E-state index in [1.165, 1.54) is 17.4 Å². The maximum Gasteiger partial charge on any atom is 0.306 e. The molecule has 1 N–H and O–H groups in total. The van der Waals surface area contributed by atoms with Crippen molar-refractivity contribution in [2.24, 2.45) is 0 Å². The minimum Gasteiger partial charge on any atom is -0.481 e. The van der Waals surface area contributed by atoms with E-state index in [9.17, 15) is 9.59 Å². The average Bonchev–Trinajstić information content (AvgIpc) is 2.81. The lowest BCUT2D eigenvalue weighted by atomic mass is 10.2. The number of rotatable bonds is 4. The SMILES string of the molecule is O=C(O)CC1CN(C(=O)/C=C/c2ccc(Cl)s2)CCO1. The van der Waals surface area contributed by atoms with Gasteiger partial charge >= 0.3 is 5.97 Å². The van der Waals surface area contributed by atoms with Crippen molar-refractivity contribution in [3.63, 3.8) is 0 Å². The molecule has 1 aromatic heterocycles. The second-order valence-electron chi connectivity index (χ2n) is 4.35. The molecular formula is C13H14ClNO4S. The lowest BCUT2D eigenvalue weighted by Gasteiger charge is -2.31. The molecular weight excluding hydrogens is 302 g/mol. The van der Waals surface area contributed by atoms with Crippen LogP contribution in [-0.4, -0.2) is 47.7 Å². The van der Waals surface area contributed by atoms with Gasteiger partial charge in [0.25, 0.3) is 0 Å². The molecule has 0 spiro atoms. The number of hydrogen-bond acceptors (Lipinski definition) is 4. The van der Waals surface area contributed by atoms with Crippen molar-refractivity contribution in [2.45, 2.75) is 12.5 Å². The summed E-state index contributed by atoms with van der Waals surface area (Å²) in [7, 11) is 0. The van der Waals surface area contributed by atoms with Crippen LogP contribution in [-0.2, 0) is 14.3 Å². The van der Waals surface area contributed by atoms with Gasteiger partial charge in [-0.1, -0.05) is 11.6 Å². The number of carbonyl (C=O) groups excluding carboxylic acids is 1. The van der Waals surface area contributed by atoms with Crippen LogP contribution in [0.3, 0.4) is 0 Å². The first-order chi connectivity index (χ1) is 9.54. The molecule has 1 amide bonds. The topological polar surface area (TPSA) is 66.8 Å². The molecule has 1 saturated heterocycles. The highest BCUT2D eigenvalue weighted by molar-refractivity contribution is 7.17. The quantitative estimate of drug-likeness (QED) is 0.864. The van der Waals surface area contributed by atoms with Crippen LogP contribution in [0.2, 0.25) is 4.34 Å². The van der Waals surface area contributed by atoms with Crippen molar-refractivity contribution in [1.82, 2.24) is 4.90 Å². The number of halogens is 1. The zero-order chi connectivity index (χ0) is 14.5. The summed E-state index contributed by atoms with van der Waals surface area (Å²) >= 11 is 7.20. The lowest BCUT2D eigenvalue weighted by Crippen LogP contribution is -2.45. The van der Waals surface area contributed by atoms with E-state index >= 15 is 0 Å². The van der Waals surface area contributed by atoms with Gasteiger partial charge in [-0.2, -0.15) is 0 Å². The Morgan fingerprint density at radius 2 is 2.35 bits per heavy atom. The van der Waals surface area contributed by atoms with E-state index in [0.717, 1.165) is 4.88 Å². The predicted molar refractivity (Wildman–Crippen MR) is 76.9 cm³/mol. The van der Waals surface area contributed by atoms with Crippen molar-refractivity contribution in [1.29, 1.82) is 0 Å². The van der Waals surface area contributed by atoms with Crippen LogP contribution in [0.15, 0.2) is 18.2 Å². The highest BCUT2D eigenvalue weighted by Crippen LogP contribution is 2.22. The molecule has 1 aliphatic heterocycles. The Labute approximate surface area is 125 Å². The normalized spacial score (nSPS) is 19.4. The molecule has 0 radical (unpaired) electrons. The third-order valence-electron chi connectivity index (χ3n) is 2.84. The van der Waals surface area contributed by atoms with Gasteiger partial charge in [-0.3, -0.25) is 9.59 Å². The summed E-state index contributed by atoms with van der Waals surface area (Å²) in [5.41, 5.74) is 0. The molecule has 0 saturated carbocycles. The number of carboxylic acid groups (broad SMARTS) is 1. The first kappa shape index (κ1) is 15.0. The number of thiophene rings is 1. The third kappa shape index (κ3) is 4.33. The molecule has 0 bridgehead atoms. The smallest absolute Gasteiger partial charge is 0.306 e. The van der Waals surface area contributed by atoms with Gasteiger partial charge in [0, 0.05) is 24.0 Å². The van der Waals surface area contributed by atoms with E-state index in [4.69, 9.17) is 21.4 Å². The summed E-state index contributed by atoms with van der Waals surface area (Å²) in [5.74, 6) is -1.07. The monoisotopic (exact) mass is 315 g/mol. The zero-order valence-electron chi connectivity index (χ0n) is 10.6. The number of hydrogen-bond donors (Lipinski definition) is 1. The lowest BCUT2D eigenvalue weighted by molar-refractivity contribution is -0.145. The molecule has 2 rings (SSSR count). The fourth-order valence-electron chi connectivity index (χ4n) is 1.91.